The van der Waals surface area contributed by atoms with E-state index in [1.54, 1.807) is 13.0 Å². The Kier molecular flexibility index (Phi) is 4.51. The van der Waals surface area contributed by atoms with E-state index in [2.05, 4.69) is 4.72 Å². The van der Waals surface area contributed by atoms with Crippen molar-refractivity contribution in [2.24, 2.45) is 5.73 Å². The lowest BCUT2D eigenvalue weighted by atomic mass is 10.2. The van der Waals surface area contributed by atoms with Gasteiger partial charge in [-0.1, -0.05) is 23.7 Å². The molecule has 0 atom stereocenters. The Morgan fingerprint density at radius 1 is 1.24 bits per heavy atom. The zero-order valence-electron chi connectivity index (χ0n) is 11.2. The standard InChI is InChI=1S/C14H14ClFN2O2S/c1-9-2-4-11(16)7-13(9)18-21(19,20)14-5-3-10(8-17)6-12(14)15/h2-7,18H,8,17H2,1H3. The van der Waals surface area contributed by atoms with Crippen molar-refractivity contribution in [2.75, 3.05) is 4.72 Å². The van der Waals surface area contributed by atoms with Crippen molar-refractivity contribution < 1.29 is 12.8 Å². The average molecular weight is 329 g/mol. The van der Waals surface area contributed by atoms with Gasteiger partial charge in [-0.3, -0.25) is 4.72 Å². The quantitative estimate of drug-likeness (QED) is 0.906. The van der Waals surface area contributed by atoms with E-state index in [1.807, 2.05) is 0 Å². The first-order valence-electron chi connectivity index (χ1n) is 6.11. The number of aryl methyl sites for hydroxylation is 1. The van der Waals surface area contributed by atoms with Gasteiger partial charge in [0.25, 0.3) is 10.0 Å². The third kappa shape index (κ3) is 3.53. The molecular formula is C14H14ClFN2O2S. The summed E-state index contributed by atoms with van der Waals surface area (Å²) >= 11 is 5.98. The normalized spacial score (nSPS) is 11.4. The van der Waals surface area contributed by atoms with E-state index >= 15 is 0 Å². The molecule has 3 N–H and O–H groups in total. The van der Waals surface area contributed by atoms with Gasteiger partial charge in [0.05, 0.1) is 10.7 Å². The molecule has 0 amide bonds. The maximum absolute atomic E-state index is 13.2. The second kappa shape index (κ2) is 6.01. The summed E-state index contributed by atoms with van der Waals surface area (Å²) in [5.74, 6) is -0.525. The van der Waals surface area contributed by atoms with E-state index in [4.69, 9.17) is 17.3 Å². The van der Waals surface area contributed by atoms with Gasteiger partial charge < -0.3 is 5.73 Å². The molecule has 0 radical (unpaired) electrons. The summed E-state index contributed by atoms with van der Waals surface area (Å²) < 4.78 is 40.2. The highest BCUT2D eigenvalue weighted by Gasteiger charge is 2.19. The third-order valence-electron chi connectivity index (χ3n) is 2.97. The maximum atomic E-state index is 13.2. The lowest BCUT2D eigenvalue weighted by Crippen LogP contribution is -2.14. The highest BCUT2D eigenvalue weighted by atomic mass is 35.5. The predicted octanol–water partition coefficient (Wildman–Crippen LogP) is 3.05. The molecule has 0 aromatic heterocycles. The monoisotopic (exact) mass is 328 g/mol. The minimum Gasteiger partial charge on any atom is -0.326 e. The first-order chi connectivity index (χ1) is 9.83. The Balaban J connectivity index is 2.41. The van der Waals surface area contributed by atoms with Gasteiger partial charge in [0, 0.05) is 6.54 Å². The van der Waals surface area contributed by atoms with Crippen LogP contribution < -0.4 is 10.5 Å². The van der Waals surface area contributed by atoms with E-state index in [1.165, 1.54) is 24.3 Å². The van der Waals surface area contributed by atoms with Gasteiger partial charge in [-0.25, -0.2) is 12.8 Å². The van der Waals surface area contributed by atoms with Crippen LogP contribution in [0.25, 0.3) is 0 Å². The molecule has 0 saturated heterocycles. The maximum Gasteiger partial charge on any atom is 0.263 e. The number of anilines is 1. The van der Waals surface area contributed by atoms with Crippen molar-refractivity contribution in [2.45, 2.75) is 18.4 Å². The summed E-state index contributed by atoms with van der Waals surface area (Å²) in [7, 11) is -3.90. The van der Waals surface area contributed by atoms with E-state index in [-0.39, 0.29) is 22.2 Å². The first kappa shape index (κ1) is 15.8. The predicted molar refractivity (Wildman–Crippen MR) is 81.3 cm³/mol. The molecule has 0 fully saturated rings. The highest BCUT2D eigenvalue weighted by Crippen LogP contribution is 2.26. The van der Waals surface area contributed by atoms with E-state index in [0.717, 1.165) is 11.6 Å². The Bertz CT molecular complexity index is 779. The Hall–Kier alpha value is -1.63. The molecule has 2 aromatic rings. The SMILES string of the molecule is Cc1ccc(F)cc1NS(=O)(=O)c1ccc(CN)cc1Cl. The zero-order valence-corrected chi connectivity index (χ0v) is 12.8. The van der Waals surface area contributed by atoms with Gasteiger partial charge in [0.15, 0.2) is 0 Å². The fourth-order valence-electron chi connectivity index (χ4n) is 1.79. The summed E-state index contributed by atoms with van der Waals surface area (Å²) in [5.41, 5.74) is 6.98. The van der Waals surface area contributed by atoms with E-state index in [9.17, 15) is 12.8 Å². The molecule has 21 heavy (non-hydrogen) atoms. The minimum atomic E-state index is -3.90. The van der Waals surface area contributed by atoms with Crippen molar-refractivity contribution >= 4 is 27.3 Å². The number of rotatable bonds is 4. The zero-order chi connectivity index (χ0) is 15.6. The minimum absolute atomic E-state index is 0.0690. The van der Waals surface area contributed by atoms with Gasteiger partial charge in [-0.2, -0.15) is 0 Å². The molecule has 0 aliphatic rings. The molecule has 0 heterocycles. The molecule has 0 aliphatic heterocycles. The van der Waals surface area contributed by atoms with Crippen molar-refractivity contribution in [1.82, 2.24) is 0 Å². The van der Waals surface area contributed by atoms with Gasteiger partial charge in [0.2, 0.25) is 0 Å². The van der Waals surface area contributed by atoms with Crippen LogP contribution in [-0.4, -0.2) is 8.42 Å². The van der Waals surface area contributed by atoms with Crippen molar-refractivity contribution in [3.05, 3.63) is 58.4 Å². The summed E-state index contributed by atoms with van der Waals surface area (Å²) in [6.45, 7) is 1.94. The van der Waals surface area contributed by atoms with Crippen molar-refractivity contribution in [3.8, 4) is 0 Å². The van der Waals surface area contributed by atoms with Crippen LogP contribution in [0.5, 0.6) is 0 Å². The molecule has 0 unspecified atom stereocenters. The highest BCUT2D eigenvalue weighted by molar-refractivity contribution is 7.92. The molecule has 112 valence electrons. The van der Waals surface area contributed by atoms with Gasteiger partial charge >= 0.3 is 0 Å². The summed E-state index contributed by atoms with van der Waals surface area (Å²) in [5, 5.41) is 0.0690. The fourth-order valence-corrected chi connectivity index (χ4v) is 3.48. The lowest BCUT2D eigenvalue weighted by Gasteiger charge is -2.12. The summed E-state index contributed by atoms with van der Waals surface area (Å²) in [6, 6.07) is 8.33. The number of hydrogen-bond donors (Lipinski definition) is 2. The third-order valence-corrected chi connectivity index (χ3v) is 4.81. The number of sulfonamides is 1. The van der Waals surface area contributed by atoms with Crippen molar-refractivity contribution in [1.29, 1.82) is 0 Å². The first-order valence-corrected chi connectivity index (χ1v) is 7.97. The average Bonchev–Trinajstić information content (AvgIpc) is 2.42. The van der Waals surface area contributed by atoms with Gasteiger partial charge in [-0.05, 0) is 42.3 Å². The van der Waals surface area contributed by atoms with Crippen LogP contribution in [0, 0.1) is 12.7 Å². The van der Waals surface area contributed by atoms with E-state index < -0.39 is 15.8 Å². The number of hydrogen-bond acceptors (Lipinski definition) is 3. The van der Waals surface area contributed by atoms with Gasteiger partial charge in [-0.15, -0.1) is 0 Å². The second-order valence-electron chi connectivity index (χ2n) is 4.53. The van der Waals surface area contributed by atoms with Crippen LogP contribution in [0.15, 0.2) is 41.3 Å². The molecule has 0 saturated carbocycles. The number of halogens is 2. The molecule has 0 aliphatic carbocycles. The Morgan fingerprint density at radius 3 is 2.57 bits per heavy atom. The molecule has 2 rings (SSSR count). The fraction of sp³-hybridized carbons (Fsp3) is 0.143. The van der Waals surface area contributed by atoms with Crippen LogP contribution in [0.3, 0.4) is 0 Å². The topological polar surface area (TPSA) is 72.2 Å². The van der Waals surface area contributed by atoms with Crippen LogP contribution in [-0.2, 0) is 16.6 Å². The second-order valence-corrected chi connectivity index (χ2v) is 6.59. The summed E-state index contributed by atoms with van der Waals surface area (Å²) in [4.78, 5) is -0.0787. The van der Waals surface area contributed by atoms with Crippen LogP contribution in [0.2, 0.25) is 5.02 Å². The van der Waals surface area contributed by atoms with Gasteiger partial charge in [0.1, 0.15) is 10.7 Å². The molecule has 2 aromatic carbocycles. The Morgan fingerprint density at radius 2 is 1.95 bits per heavy atom. The molecular weight excluding hydrogens is 315 g/mol. The van der Waals surface area contributed by atoms with E-state index in [0.29, 0.717) is 5.56 Å². The number of benzene rings is 2. The molecule has 7 heteroatoms. The molecule has 4 nitrogen and oxygen atoms in total. The van der Waals surface area contributed by atoms with Crippen molar-refractivity contribution in [3.63, 3.8) is 0 Å². The van der Waals surface area contributed by atoms with Crippen LogP contribution in [0.4, 0.5) is 10.1 Å². The smallest absolute Gasteiger partial charge is 0.263 e. The molecule has 0 spiro atoms. The largest absolute Gasteiger partial charge is 0.326 e. The number of nitrogens with two attached hydrogens (primary N) is 1. The lowest BCUT2D eigenvalue weighted by molar-refractivity contribution is 0.601. The Labute approximate surface area is 127 Å². The molecule has 0 bridgehead atoms. The van der Waals surface area contributed by atoms with Crippen LogP contribution >= 0.6 is 11.6 Å². The summed E-state index contributed by atoms with van der Waals surface area (Å²) in [6.07, 6.45) is 0. The van der Waals surface area contributed by atoms with Crippen LogP contribution in [0.1, 0.15) is 11.1 Å². The number of nitrogens with one attached hydrogen (secondary N) is 1.